The van der Waals surface area contributed by atoms with Gasteiger partial charge in [0.05, 0.1) is 11.2 Å². The van der Waals surface area contributed by atoms with Crippen molar-refractivity contribution in [1.29, 1.82) is 0 Å². The number of rotatable bonds is 3. The number of fused-ring (bicyclic) bond motifs is 1. The Morgan fingerprint density at radius 2 is 2.04 bits per heavy atom. The average Bonchev–Trinajstić information content (AvgIpc) is 3.01. The van der Waals surface area contributed by atoms with E-state index in [0.717, 1.165) is 28.7 Å². The van der Waals surface area contributed by atoms with Crippen LogP contribution in [0.25, 0.3) is 22.0 Å². The molecular formula is C21H22N2. The van der Waals surface area contributed by atoms with Crippen LogP contribution in [0.5, 0.6) is 0 Å². The fourth-order valence-electron chi connectivity index (χ4n) is 2.84. The van der Waals surface area contributed by atoms with E-state index in [-0.39, 0.29) is 0 Å². The van der Waals surface area contributed by atoms with Crippen molar-refractivity contribution in [2.75, 3.05) is 6.54 Å². The molecule has 0 amide bonds. The second-order valence-electron chi connectivity index (χ2n) is 5.99. The highest BCUT2D eigenvalue weighted by Crippen LogP contribution is 2.31. The topological polar surface area (TPSA) is 24.9 Å². The van der Waals surface area contributed by atoms with Gasteiger partial charge < -0.3 is 5.32 Å². The average molecular weight is 302 g/mol. The highest BCUT2D eigenvalue weighted by molar-refractivity contribution is 5.94. The van der Waals surface area contributed by atoms with Crippen LogP contribution in [-0.4, -0.2) is 11.5 Å². The lowest BCUT2D eigenvalue weighted by atomic mass is 9.97. The van der Waals surface area contributed by atoms with E-state index in [0.29, 0.717) is 0 Å². The van der Waals surface area contributed by atoms with Gasteiger partial charge in [-0.05, 0) is 44.0 Å². The van der Waals surface area contributed by atoms with E-state index in [9.17, 15) is 0 Å². The standard InChI is InChI=1S/C21H22N2/c1-5-15(4)10-16-12-22-13-19(16)21-11-18(14(2)3)17-8-6-7-9-20(17)23-21/h5-11,13,22H,2,12H2,1,3-4H3/b15-5-,16-10+. The number of nitrogens with one attached hydrogen (secondary N) is 1. The minimum atomic E-state index is 0.845. The summed E-state index contributed by atoms with van der Waals surface area (Å²) in [6.07, 6.45) is 6.41. The van der Waals surface area contributed by atoms with Crippen LogP contribution in [0.1, 0.15) is 32.0 Å². The smallest absolute Gasteiger partial charge is 0.0733 e. The molecule has 2 heteroatoms. The zero-order valence-corrected chi connectivity index (χ0v) is 14.0. The Balaban J connectivity index is 2.17. The van der Waals surface area contributed by atoms with Gasteiger partial charge in [-0.1, -0.05) is 48.1 Å². The molecule has 3 rings (SSSR count). The molecule has 0 atom stereocenters. The molecule has 0 aliphatic carbocycles. The highest BCUT2D eigenvalue weighted by Gasteiger charge is 2.16. The van der Waals surface area contributed by atoms with Crippen molar-refractivity contribution in [2.45, 2.75) is 20.8 Å². The van der Waals surface area contributed by atoms with E-state index < -0.39 is 0 Å². The molecule has 2 heterocycles. The van der Waals surface area contributed by atoms with Crippen molar-refractivity contribution in [3.63, 3.8) is 0 Å². The van der Waals surface area contributed by atoms with Crippen LogP contribution in [0.15, 0.2) is 66.4 Å². The number of allylic oxidation sites excluding steroid dienone is 4. The summed E-state index contributed by atoms with van der Waals surface area (Å²) in [6, 6.07) is 10.4. The van der Waals surface area contributed by atoms with Crippen LogP contribution >= 0.6 is 0 Å². The molecular weight excluding hydrogens is 280 g/mol. The molecule has 1 aliphatic heterocycles. The van der Waals surface area contributed by atoms with E-state index in [2.05, 4.69) is 62.3 Å². The molecule has 1 aliphatic rings. The quantitative estimate of drug-likeness (QED) is 0.852. The predicted molar refractivity (Wildman–Crippen MR) is 99.9 cm³/mol. The van der Waals surface area contributed by atoms with Crippen LogP contribution < -0.4 is 5.32 Å². The van der Waals surface area contributed by atoms with Gasteiger partial charge in [-0.15, -0.1) is 0 Å². The van der Waals surface area contributed by atoms with Gasteiger partial charge in [0.15, 0.2) is 0 Å². The molecule has 0 radical (unpaired) electrons. The van der Waals surface area contributed by atoms with E-state index >= 15 is 0 Å². The predicted octanol–water partition coefficient (Wildman–Crippen LogP) is 5.10. The number of hydrogen-bond donors (Lipinski definition) is 1. The van der Waals surface area contributed by atoms with Crippen molar-refractivity contribution in [1.82, 2.24) is 10.3 Å². The summed E-state index contributed by atoms with van der Waals surface area (Å²) in [5, 5.41) is 4.48. The molecule has 0 spiro atoms. The van der Waals surface area contributed by atoms with E-state index in [1.807, 2.05) is 19.1 Å². The molecule has 1 aromatic carbocycles. The molecule has 1 N–H and O–H groups in total. The Hall–Kier alpha value is -2.61. The number of para-hydroxylation sites is 1. The van der Waals surface area contributed by atoms with Crippen molar-refractivity contribution < 1.29 is 0 Å². The second-order valence-corrected chi connectivity index (χ2v) is 5.99. The van der Waals surface area contributed by atoms with Crippen LogP contribution in [0.2, 0.25) is 0 Å². The van der Waals surface area contributed by atoms with Gasteiger partial charge in [0, 0.05) is 23.7 Å². The summed E-state index contributed by atoms with van der Waals surface area (Å²) in [4.78, 5) is 4.87. The summed E-state index contributed by atoms with van der Waals surface area (Å²) >= 11 is 0. The molecule has 0 saturated carbocycles. The maximum absolute atomic E-state index is 4.87. The Labute approximate surface area is 137 Å². The normalized spacial score (nSPS) is 16.6. The van der Waals surface area contributed by atoms with Gasteiger partial charge in [-0.3, -0.25) is 0 Å². The van der Waals surface area contributed by atoms with Gasteiger partial charge in [0.2, 0.25) is 0 Å². The lowest BCUT2D eigenvalue weighted by Crippen LogP contribution is -2.01. The summed E-state index contributed by atoms with van der Waals surface area (Å²) < 4.78 is 0. The fourth-order valence-corrected chi connectivity index (χ4v) is 2.84. The number of nitrogens with zero attached hydrogens (tertiary/aromatic N) is 1. The molecule has 0 fully saturated rings. The van der Waals surface area contributed by atoms with Crippen molar-refractivity contribution in [2.24, 2.45) is 0 Å². The fraction of sp³-hybridized carbons (Fsp3) is 0.190. The Bertz CT molecular complexity index is 867. The van der Waals surface area contributed by atoms with Gasteiger partial charge in [-0.25, -0.2) is 4.98 Å². The number of pyridine rings is 1. The van der Waals surface area contributed by atoms with Crippen LogP contribution in [0.4, 0.5) is 0 Å². The molecule has 2 aromatic rings. The minimum Gasteiger partial charge on any atom is -0.386 e. The summed E-state index contributed by atoms with van der Waals surface area (Å²) in [7, 11) is 0. The first-order valence-electron chi connectivity index (χ1n) is 7.93. The van der Waals surface area contributed by atoms with Gasteiger partial charge >= 0.3 is 0 Å². The Morgan fingerprint density at radius 1 is 1.26 bits per heavy atom. The number of aromatic nitrogens is 1. The van der Waals surface area contributed by atoms with Crippen molar-refractivity contribution >= 4 is 22.0 Å². The highest BCUT2D eigenvalue weighted by atomic mass is 14.9. The third kappa shape index (κ3) is 2.98. The van der Waals surface area contributed by atoms with Gasteiger partial charge in [-0.2, -0.15) is 0 Å². The first-order valence-corrected chi connectivity index (χ1v) is 7.93. The summed E-state index contributed by atoms with van der Waals surface area (Å²) in [5.41, 5.74) is 7.94. The summed E-state index contributed by atoms with van der Waals surface area (Å²) in [6.45, 7) is 11.2. The lowest BCUT2D eigenvalue weighted by molar-refractivity contribution is 1.01. The summed E-state index contributed by atoms with van der Waals surface area (Å²) in [5.74, 6) is 0. The molecule has 1 aromatic heterocycles. The largest absolute Gasteiger partial charge is 0.386 e. The van der Waals surface area contributed by atoms with Crippen LogP contribution in [0, 0.1) is 0 Å². The first kappa shape index (κ1) is 15.3. The minimum absolute atomic E-state index is 0.845. The van der Waals surface area contributed by atoms with Gasteiger partial charge in [0.25, 0.3) is 0 Å². The van der Waals surface area contributed by atoms with Gasteiger partial charge in [0.1, 0.15) is 0 Å². The number of hydrogen-bond acceptors (Lipinski definition) is 2. The van der Waals surface area contributed by atoms with Crippen LogP contribution in [-0.2, 0) is 0 Å². The Kier molecular flexibility index (Phi) is 4.16. The SMILES string of the molecule is C=C(C)c1cc(C2=CNC/C2=C\C(C)=C/C)nc2ccccc12. The van der Waals surface area contributed by atoms with Crippen molar-refractivity contribution in [3.05, 3.63) is 77.7 Å². The zero-order chi connectivity index (χ0) is 16.4. The monoisotopic (exact) mass is 302 g/mol. The van der Waals surface area contributed by atoms with E-state index in [1.165, 1.54) is 22.3 Å². The second kappa shape index (κ2) is 6.25. The number of benzene rings is 1. The molecule has 0 bridgehead atoms. The van der Waals surface area contributed by atoms with Crippen LogP contribution in [0.3, 0.4) is 0 Å². The molecule has 23 heavy (non-hydrogen) atoms. The first-order chi connectivity index (χ1) is 11.1. The Morgan fingerprint density at radius 3 is 2.78 bits per heavy atom. The maximum atomic E-state index is 4.87. The molecule has 2 nitrogen and oxygen atoms in total. The third-order valence-corrected chi connectivity index (χ3v) is 4.19. The van der Waals surface area contributed by atoms with Crippen molar-refractivity contribution in [3.8, 4) is 0 Å². The van der Waals surface area contributed by atoms with E-state index in [1.54, 1.807) is 0 Å². The maximum Gasteiger partial charge on any atom is 0.0733 e. The molecule has 116 valence electrons. The lowest BCUT2D eigenvalue weighted by Gasteiger charge is -2.11. The molecule has 0 saturated heterocycles. The molecule has 0 unspecified atom stereocenters. The van der Waals surface area contributed by atoms with E-state index in [4.69, 9.17) is 4.98 Å². The third-order valence-electron chi connectivity index (χ3n) is 4.19. The zero-order valence-electron chi connectivity index (χ0n) is 14.0.